The summed E-state index contributed by atoms with van der Waals surface area (Å²) in [5.41, 5.74) is 7.86. The summed E-state index contributed by atoms with van der Waals surface area (Å²) in [5.74, 6) is 0. The molecule has 0 unspecified atom stereocenters. The Morgan fingerprint density at radius 3 is 2.38 bits per heavy atom. The van der Waals surface area contributed by atoms with Gasteiger partial charge in [0, 0.05) is 17.1 Å². The molecule has 0 atom stereocenters. The molecule has 3 rings (SSSR count). The quantitative estimate of drug-likeness (QED) is 0.641. The number of nitrogens with zero attached hydrogens (tertiary/aromatic N) is 2. The largest absolute Gasteiger partial charge is 0.332 e. The second-order valence-corrected chi connectivity index (χ2v) is 7.02. The van der Waals surface area contributed by atoms with E-state index in [4.69, 9.17) is 12.2 Å². The molecule has 0 radical (unpaired) electrons. The Hall–Kier alpha value is -2.66. The average Bonchev–Trinajstić information content (AvgIpc) is 2.91. The Balaban J connectivity index is 1.62. The lowest BCUT2D eigenvalue weighted by Gasteiger charge is -2.14. The number of hydrogen-bond donors (Lipinski definition) is 2. The zero-order chi connectivity index (χ0) is 18.7. The molecule has 0 aliphatic rings. The van der Waals surface area contributed by atoms with Gasteiger partial charge < -0.3 is 10.6 Å². The fourth-order valence-electron chi connectivity index (χ4n) is 2.87. The number of hydrogen-bond acceptors (Lipinski definition) is 2. The van der Waals surface area contributed by atoms with Crippen LogP contribution in [0.5, 0.6) is 0 Å². The topological polar surface area (TPSA) is 41.9 Å². The van der Waals surface area contributed by atoms with Crippen LogP contribution in [0, 0.1) is 27.7 Å². The lowest BCUT2D eigenvalue weighted by Crippen LogP contribution is -2.19. The summed E-state index contributed by atoms with van der Waals surface area (Å²) in [7, 11) is 0. The summed E-state index contributed by atoms with van der Waals surface area (Å²) in [4.78, 5) is 0. The van der Waals surface area contributed by atoms with Crippen LogP contribution in [-0.2, 0) is 6.54 Å². The lowest BCUT2D eigenvalue weighted by atomic mass is 10.1. The van der Waals surface area contributed by atoms with Gasteiger partial charge in [-0.1, -0.05) is 24.3 Å². The molecule has 3 aromatic rings. The van der Waals surface area contributed by atoms with E-state index < -0.39 is 0 Å². The molecular formula is C21H24N4S. The minimum absolute atomic E-state index is 0.588. The van der Waals surface area contributed by atoms with Gasteiger partial charge in [0.2, 0.25) is 0 Å². The van der Waals surface area contributed by atoms with Crippen LogP contribution >= 0.6 is 12.2 Å². The monoisotopic (exact) mass is 364 g/mol. The van der Waals surface area contributed by atoms with Crippen LogP contribution in [0.15, 0.2) is 48.5 Å². The molecule has 0 saturated carbocycles. The summed E-state index contributed by atoms with van der Waals surface area (Å²) in [6.07, 6.45) is 0. The van der Waals surface area contributed by atoms with E-state index in [1.807, 2.05) is 35.9 Å². The van der Waals surface area contributed by atoms with Gasteiger partial charge in [0.1, 0.15) is 0 Å². The second kappa shape index (κ2) is 7.70. The van der Waals surface area contributed by atoms with Crippen molar-refractivity contribution in [2.75, 3.05) is 10.6 Å². The van der Waals surface area contributed by atoms with Gasteiger partial charge in [0.15, 0.2) is 5.11 Å². The van der Waals surface area contributed by atoms with Gasteiger partial charge in [-0.15, -0.1) is 0 Å². The Bertz CT molecular complexity index is 926. The molecule has 0 saturated heterocycles. The Morgan fingerprint density at radius 1 is 1.00 bits per heavy atom. The number of benzene rings is 2. The molecule has 0 fully saturated rings. The van der Waals surface area contributed by atoms with Crippen molar-refractivity contribution < 1.29 is 0 Å². The zero-order valence-corrected chi connectivity index (χ0v) is 16.4. The second-order valence-electron chi connectivity index (χ2n) is 6.61. The van der Waals surface area contributed by atoms with Crippen molar-refractivity contribution in [3.05, 3.63) is 76.6 Å². The van der Waals surface area contributed by atoms with E-state index in [1.165, 1.54) is 22.4 Å². The Kier molecular flexibility index (Phi) is 5.38. The van der Waals surface area contributed by atoms with Crippen LogP contribution in [0.25, 0.3) is 0 Å². The van der Waals surface area contributed by atoms with Gasteiger partial charge in [-0.25, -0.2) is 0 Å². The number of aryl methyl sites for hydroxylation is 3. The van der Waals surface area contributed by atoms with E-state index in [0.29, 0.717) is 5.11 Å². The molecule has 0 amide bonds. The maximum Gasteiger partial charge on any atom is 0.175 e. The predicted molar refractivity (Wildman–Crippen MR) is 113 cm³/mol. The first-order chi connectivity index (χ1) is 12.4. The molecule has 1 heterocycles. The molecular weight excluding hydrogens is 340 g/mol. The normalized spacial score (nSPS) is 10.6. The number of rotatable bonds is 4. The van der Waals surface area contributed by atoms with Crippen molar-refractivity contribution in [2.45, 2.75) is 34.2 Å². The fraction of sp³-hybridized carbons (Fsp3) is 0.238. The Morgan fingerprint density at radius 2 is 1.73 bits per heavy atom. The van der Waals surface area contributed by atoms with Gasteiger partial charge >= 0.3 is 0 Å². The summed E-state index contributed by atoms with van der Waals surface area (Å²) in [5, 5.41) is 11.6. The average molecular weight is 365 g/mol. The first kappa shape index (κ1) is 18.1. The van der Waals surface area contributed by atoms with Gasteiger partial charge in [-0.2, -0.15) is 5.10 Å². The highest BCUT2D eigenvalue weighted by molar-refractivity contribution is 7.80. The highest BCUT2D eigenvalue weighted by atomic mass is 32.1. The van der Waals surface area contributed by atoms with Crippen molar-refractivity contribution in [1.82, 2.24) is 9.78 Å². The van der Waals surface area contributed by atoms with E-state index in [0.717, 1.165) is 23.6 Å². The molecule has 0 aliphatic carbocycles. The third kappa shape index (κ3) is 4.29. The standard InChI is InChI=1S/C21H24N4S/c1-14-6-5-7-20(17(14)4)23-21(26)22-19-10-8-18(9-11-19)13-25-16(3)12-15(2)24-25/h5-12H,13H2,1-4H3,(H2,22,23,26). The molecule has 0 spiro atoms. The number of anilines is 2. The van der Waals surface area contributed by atoms with E-state index in [9.17, 15) is 0 Å². The number of thiocarbonyl (C=S) groups is 1. The molecule has 26 heavy (non-hydrogen) atoms. The maximum atomic E-state index is 5.44. The Labute approximate surface area is 160 Å². The first-order valence-corrected chi connectivity index (χ1v) is 9.07. The lowest BCUT2D eigenvalue weighted by molar-refractivity contribution is 0.659. The van der Waals surface area contributed by atoms with Crippen molar-refractivity contribution >= 4 is 28.7 Å². The summed E-state index contributed by atoms with van der Waals surface area (Å²) in [6.45, 7) is 9.05. The summed E-state index contributed by atoms with van der Waals surface area (Å²) >= 11 is 5.44. The van der Waals surface area contributed by atoms with Crippen LogP contribution in [0.4, 0.5) is 11.4 Å². The van der Waals surface area contributed by atoms with Crippen molar-refractivity contribution in [3.63, 3.8) is 0 Å². The van der Waals surface area contributed by atoms with Gasteiger partial charge in [0.25, 0.3) is 0 Å². The van der Waals surface area contributed by atoms with Crippen molar-refractivity contribution in [2.24, 2.45) is 0 Å². The summed E-state index contributed by atoms with van der Waals surface area (Å²) < 4.78 is 2.02. The van der Waals surface area contributed by atoms with Crippen LogP contribution in [0.2, 0.25) is 0 Å². The van der Waals surface area contributed by atoms with E-state index >= 15 is 0 Å². The van der Waals surface area contributed by atoms with Crippen LogP contribution in [0.3, 0.4) is 0 Å². The minimum Gasteiger partial charge on any atom is -0.332 e. The van der Waals surface area contributed by atoms with Crippen LogP contribution in [0.1, 0.15) is 28.1 Å². The van der Waals surface area contributed by atoms with Crippen LogP contribution < -0.4 is 10.6 Å². The third-order valence-electron chi connectivity index (χ3n) is 4.50. The zero-order valence-electron chi connectivity index (χ0n) is 15.6. The maximum absolute atomic E-state index is 5.44. The molecule has 134 valence electrons. The van der Waals surface area contributed by atoms with E-state index in [-0.39, 0.29) is 0 Å². The number of nitrogens with one attached hydrogen (secondary N) is 2. The van der Waals surface area contributed by atoms with Crippen LogP contribution in [-0.4, -0.2) is 14.9 Å². The van der Waals surface area contributed by atoms with E-state index in [2.05, 4.69) is 60.8 Å². The molecule has 0 bridgehead atoms. The first-order valence-electron chi connectivity index (χ1n) is 8.66. The molecule has 0 aliphatic heterocycles. The van der Waals surface area contributed by atoms with Crippen molar-refractivity contribution in [3.8, 4) is 0 Å². The fourth-order valence-corrected chi connectivity index (χ4v) is 3.10. The third-order valence-corrected chi connectivity index (χ3v) is 4.70. The van der Waals surface area contributed by atoms with Gasteiger partial charge in [-0.3, -0.25) is 4.68 Å². The highest BCUT2D eigenvalue weighted by Gasteiger charge is 2.05. The highest BCUT2D eigenvalue weighted by Crippen LogP contribution is 2.19. The minimum atomic E-state index is 0.588. The summed E-state index contributed by atoms with van der Waals surface area (Å²) in [6, 6.07) is 16.5. The molecule has 1 aromatic heterocycles. The van der Waals surface area contributed by atoms with Gasteiger partial charge in [-0.05, 0) is 80.9 Å². The van der Waals surface area contributed by atoms with E-state index in [1.54, 1.807) is 0 Å². The van der Waals surface area contributed by atoms with Crippen molar-refractivity contribution in [1.29, 1.82) is 0 Å². The SMILES string of the molecule is Cc1cc(C)n(Cc2ccc(NC(=S)Nc3cccc(C)c3C)cc2)n1. The molecule has 2 N–H and O–H groups in total. The molecule has 4 nitrogen and oxygen atoms in total. The smallest absolute Gasteiger partial charge is 0.175 e. The molecule has 5 heteroatoms. The molecule has 2 aromatic carbocycles. The van der Waals surface area contributed by atoms with Gasteiger partial charge in [0.05, 0.1) is 12.2 Å². The predicted octanol–water partition coefficient (Wildman–Crippen LogP) is 4.97. The number of aromatic nitrogens is 2.